The van der Waals surface area contributed by atoms with Gasteiger partial charge in [-0.05, 0) is 24.1 Å². The zero-order valence-electron chi connectivity index (χ0n) is 10.1. The van der Waals surface area contributed by atoms with E-state index >= 15 is 0 Å². The molecule has 0 saturated heterocycles. The number of fused-ring (bicyclic) bond motifs is 1. The average Bonchev–Trinajstić information content (AvgIpc) is 2.63. The van der Waals surface area contributed by atoms with E-state index in [1.54, 1.807) is 19.1 Å². The van der Waals surface area contributed by atoms with Gasteiger partial charge in [-0.25, -0.2) is 0 Å². The van der Waals surface area contributed by atoms with E-state index in [1.807, 2.05) is 12.1 Å². The molecule has 0 radical (unpaired) electrons. The molecule has 2 atom stereocenters. The van der Waals surface area contributed by atoms with Gasteiger partial charge in [0, 0.05) is 6.04 Å². The number of aliphatic hydroxyl groups excluding tert-OH is 1. The summed E-state index contributed by atoms with van der Waals surface area (Å²) in [6.45, 7) is 0.982. The largest absolute Gasteiger partial charge is 0.401 e. The molecule has 2 rings (SSSR count). The van der Waals surface area contributed by atoms with Crippen molar-refractivity contribution in [3.8, 4) is 0 Å². The predicted octanol–water partition coefficient (Wildman–Crippen LogP) is 2.53. The lowest BCUT2D eigenvalue weighted by Crippen LogP contribution is -2.43. The summed E-state index contributed by atoms with van der Waals surface area (Å²) in [5.74, 6) is 0. The maximum absolute atomic E-state index is 12.5. The molecule has 0 heterocycles. The minimum Gasteiger partial charge on any atom is -0.387 e. The monoisotopic (exact) mass is 259 g/mol. The summed E-state index contributed by atoms with van der Waals surface area (Å²) in [5.41, 5.74) is 1.69. The smallest absolute Gasteiger partial charge is 0.387 e. The molecule has 0 amide bonds. The number of hydrogen-bond donors (Lipinski definition) is 1. The molecule has 0 fully saturated rings. The first-order valence-corrected chi connectivity index (χ1v) is 5.99. The Balaban J connectivity index is 2.16. The molecule has 0 aromatic heterocycles. The van der Waals surface area contributed by atoms with Gasteiger partial charge in [-0.1, -0.05) is 31.2 Å². The number of aliphatic hydroxyl groups is 1. The zero-order chi connectivity index (χ0) is 13.3. The lowest BCUT2D eigenvalue weighted by atomic mass is 10.1. The summed E-state index contributed by atoms with van der Waals surface area (Å²) in [6, 6.07) is 6.80. The van der Waals surface area contributed by atoms with Crippen molar-refractivity contribution < 1.29 is 18.3 Å². The van der Waals surface area contributed by atoms with Gasteiger partial charge in [-0.3, -0.25) is 4.90 Å². The quantitative estimate of drug-likeness (QED) is 0.901. The molecule has 0 saturated carbocycles. The van der Waals surface area contributed by atoms with Crippen molar-refractivity contribution in [1.82, 2.24) is 4.90 Å². The Bertz CT molecular complexity index is 419. The standard InChI is InChI=1S/C13H16F3NO/c1-2-17(8-13(14,15)16)11-7-9-5-3-4-6-10(9)12(11)18/h3-6,11-12,18H,2,7-8H2,1H3. The van der Waals surface area contributed by atoms with Gasteiger partial charge < -0.3 is 5.11 Å². The molecule has 2 unspecified atom stereocenters. The highest BCUT2D eigenvalue weighted by molar-refractivity contribution is 5.35. The first kappa shape index (κ1) is 13.4. The van der Waals surface area contributed by atoms with Crippen molar-refractivity contribution in [2.45, 2.75) is 31.7 Å². The Morgan fingerprint density at radius 1 is 1.33 bits per heavy atom. The third-order valence-corrected chi connectivity index (χ3v) is 3.42. The third-order valence-electron chi connectivity index (χ3n) is 3.42. The molecule has 1 aromatic rings. The number of nitrogens with zero attached hydrogens (tertiary/aromatic N) is 1. The van der Waals surface area contributed by atoms with Crippen LogP contribution >= 0.6 is 0 Å². The summed E-state index contributed by atoms with van der Waals surface area (Å²) in [4.78, 5) is 1.30. The highest BCUT2D eigenvalue weighted by Gasteiger charge is 2.39. The molecule has 2 nitrogen and oxygen atoms in total. The normalized spacial score (nSPS) is 23.4. The van der Waals surface area contributed by atoms with Crippen LogP contribution in [0.5, 0.6) is 0 Å². The summed E-state index contributed by atoms with van der Waals surface area (Å²) < 4.78 is 37.4. The second-order valence-corrected chi connectivity index (χ2v) is 4.59. The Labute approximate surface area is 104 Å². The number of rotatable bonds is 3. The maximum Gasteiger partial charge on any atom is 0.401 e. The molecule has 5 heteroatoms. The van der Waals surface area contributed by atoms with E-state index in [1.165, 1.54) is 4.90 Å². The maximum atomic E-state index is 12.5. The van der Waals surface area contributed by atoms with Gasteiger partial charge in [0.25, 0.3) is 0 Å². The van der Waals surface area contributed by atoms with Crippen molar-refractivity contribution in [1.29, 1.82) is 0 Å². The van der Waals surface area contributed by atoms with E-state index < -0.39 is 24.9 Å². The summed E-state index contributed by atoms with van der Waals surface area (Å²) in [5, 5.41) is 10.1. The fourth-order valence-electron chi connectivity index (χ4n) is 2.58. The molecule has 0 aliphatic heterocycles. The molecule has 18 heavy (non-hydrogen) atoms. The second kappa shape index (κ2) is 4.90. The number of halogens is 3. The first-order valence-electron chi connectivity index (χ1n) is 5.99. The lowest BCUT2D eigenvalue weighted by molar-refractivity contribution is -0.154. The van der Waals surface area contributed by atoms with Gasteiger partial charge in [-0.15, -0.1) is 0 Å². The van der Waals surface area contributed by atoms with Gasteiger partial charge in [0.1, 0.15) is 0 Å². The molecule has 1 N–H and O–H groups in total. The summed E-state index contributed by atoms with van der Waals surface area (Å²) >= 11 is 0. The van der Waals surface area contributed by atoms with Crippen molar-refractivity contribution in [3.05, 3.63) is 35.4 Å². The van der Waals surface area contributed by atoms with Gasteiger partial charge in [-0.2, -0.15) is 13.2 Å². The highest BCUT2D eigenvalue weighted by atomic mass is 19.4. The van der Waals surface area contributed by atoms with E-state index in [0.717, 1.165) is 11.1 Å². The van der Waals surface area contributed by atoms with E-state index in [4.69, 9.17) is 0 Å². The number of hydrogen-bond acceptors (Lipinski definition) is 2. The average molecular weight is 259 g/mol. The number of likely N-dealkylation sites (N-methyl/N-ethyl adjacent to an activating group) is 1. The van der Waals surface area contributed by atoms with Crippen molar-refractivity contribution in [2.24, 2.45) is 0 Å². The molecule has 100 valence electrons. The van der Waals surface area contributed by atoms with Gasteiger partial charge in [0.15, 0.2) is 0 Å². The summed E-state index contributed by atoms with van der Waals surface area (Å²) in [7, 11) is 0. The van der Waals surface area contributed by atoms with Crippen LogP contribution in [0.4, 0.5) is 13.2 Å². The van der Waals surface area contributed by atoms with Crippen LogP contribution in [0.2, 0.25) is 0 Å². The number of alkyl halides is 3. The van der Waals surface area contributed by atoms with Crippen LogP contribution in [-0.2, 0) is 6.42 Å². The predicted molar refractivity (Wildman–Crippen MR) is 62.2 cm³/mol. The van der Waals surface area contributed by atoms with E-state index in [-0.39, 0.29) is 6.54 Å². The van der Waals surface area contributed by atoms with Gasteiger partial charge >= 0.3 is 6.18 Å². The van der Waals surface area contributed by atoms with Gasteiger partial charge in [0.05, 0.1) is 12.6 Å². The van der Waals surface area contributed by atoms with Crippen LogP contribution in [0.25, 0.3) is 0 Å². The lowest BCUT2D eigenvalue weighted by Gasteiger charge is -2.30. The second-order valence-electron chi connectivity index (χ2n) is 4.59. The molecule has 0 bridgehead atoms. The first-order chi connectivity index (χ1) is 8.42. The fraction of sp³-hybridized carbons (Fsp3) is 0.538. The zero-order valence-corrected chi connectivity index (χ0v) is 10.1. The minimum absolute atomic E-state index is 0.273. The van der Waals surface area contributed by atoms with Crippen LogP contribution < -0.4 is 0 Å². The molecule has 1 aliphatic rings. The van der Waals surface area contributed by atoms with Gasteiger partial charge in [0.2, 0.25) is 0 Å². The SMILES string of the molecule is CCN(CC(F)(F)F)C1Cc2ccccc2C1O. The van der Waals surface area contributed by atoms with Crippen LogP contribution in [0.3, 0.4) is 0 Å². The van der Waals surface area contributed by atoms with Crippen molar-refractivity contribution in [3.63, 3.8) is 0 Å². The van der Waals surface area contributed by atoms with E-state index in [9.17, 15) is 18.3 Å². The Morgan fingerprint density at radius 2 is 2.00 bits per heavy atom. The molecule has 1 aromatic carbocycles. The highest BCUT2D eigenvalue weighted by Crippen LogP contribution is 2.35. The Kier molecular flexibility index (Phi) is 3.64. The topological polar surface area (TPSA) is 23.5 Å². The van der Waals surface area contributed by atoms with Crippen LogP contribution in [0.1, 0.15) is 24.2 Å². The third kappa shape index (κ3) is 2.67. The molecular formula is C13H16F3NO. The van der Waals surface area contributed by atoms with Crippen LogP contribution in [-0.4, -0.2) is 35.3 Å². The molecule has 1 aliphatic carbocycles. The van der Waals surface area contributed by atoms with Crippen LogP contribution in [0, 0.1) is 0 Å². The minimum atomic E-state index is -4.23. The fourth-order valence-corrected chi connectivity index (χ4v) is 2.58. The van der Waals surface area contributed by atoms with E-state index in [0.29, 0.717) is 6.42 Å². The van der Waals surface area contributed by atoms with Crippen molar-refractivity contribution >= 4 is 0 Å². The number of benzene rings is 1. The molecular weight excluding hydrogens is 243 g/mol. The summed E-state index contributed by atoms with van der Waals surface area (Å²) in [6.07, 6.45) is -4.59. The Hall–Kier alpha value is -1.07. The van der Waals surface area contributed by atoms with Crippen LogP contribution in [0.15, 0.2) is 24.3 Å². The Morgan fingerprint density at radius 3 is 2.56 bits per heavy atom. The van der Waals surface area contributed by atoms with E-state index in [2.05, 4.69) is 0 Å². The molecule has 0 spiro atoms. The van der Waals surface area contributed by atoms with Crippen molar-refractivity contribution in [2.75, 3.05) is 13.1 Å².